The van der Waals surface area contributed by atoms with Crippen LogP contribution in [-0.2, 0) is 0 Å². The van der Waals surface area contributed by atoms with E-state index in [0.717, 1.165) is 12.8 Å². The number of amides is 2. The summed E-state index contributed by atoms with van der Waals surface area (Å²) in [6.07, 6.45) is 2.55. The van der Waals surface area contributed by atoms with Gasteiger partial charge in [-0.05, 0) is 25.0 Å². The molecule has 0 bridgehead atoms. The lowest BCUT2D eigenvalue weighted by Gasteiger charge is -2.23. The molecule has 4 nitrogen and oxygen atoms in total. The summed E-state index contributed by atoms with van der Waals surface area (Å²) < 4.78 is 0. The lowest BCUT2D eigenvalue weighted by Crippen LogP contribution is -2.36. The SMILES string of the molecule is CCCCN(CCCO)C(=O)Nc1ccccc1Cl. The summed E-state index contributed by atoms with van der Waals surface area (Å²) in [5.74, 6) is 0. The largest absolute Gasteiger partial charge is 0.396 e. The molecular formula is C14H21ClN2O2. The number of benzene rings is 1. The van der Waals surface area contributed by atoms with Gasteiger partial charge in [-0.15, -0.1) is 0 Å². The minimum Gasteiger partial charge on any atom is -0.396 e. The lowest BCUT2D eigenvalue weighted by atomic mass is 10.3. The summed E-state index contributed by atoms with van der Waals surface area (Å²) in [7, 11) is 0. The van der Waals surface area contributed by atoms with Crippen molar-refractivity contribution in [3.05, 3.63) is 29.3 Å². The predicted octanol–water partition coefficient (Wildman–Crippen LogP) is 3.36. The van der Waals surface area contributed by atoms with Crippen molar-refractivity contribution < 1.29 is 9.90 Å². The summed E-state index contributed by atoms with van der Waals surface area (Å²) in [6, 6.07) is 6.98. The number of hydrogen-bond acceptors (Lipinski definition) is 2. The number of halogens is 1. The number of rotatable bonds is 7. The molecule has 0 radical (unpaired) electrons. The van der Waals surface area contributed by atoms with Gasteiger partial charge in [-0.1, -0.05) is 37.1 Å². The molecule has 0 aromatic heterocycles. The number of nitrogens with one attached hydrogen (secondary N) is 1. The molecule has 0 saturated heterocycles. The van der Waals surface area contributed by atoms with Gasteiger partial charge in [0.15, 0.2) is 0 Å². The van der Waals surface area contributed by atoms with Crippen molar-refractivity contribution in [1.82, 2.24) is 4.90 Å². The van der Waals surface area contributed by atoms with Crippen molar-refractivity contribution in [3.63, 3.8) is 0 Å². The maximum atomic E-state index is 12.2. The van der Waals surface area contributed by atoms with Crippen LogP contribution in [0.25, 0.3) is 0 Å². The van der Waals surface area contributed by atoms with E-state index < -0.39 is 0 Å². The highest BCUT2D eigenvalue weighted by Gasteiger charge is 2.13. The van der Waals surface area contributed by atoms with Crippen molar-refractivity contribution in [2.24, 2.45) is 0 Å². The number of aliphatic hydroxyl groups excluding tert-OH is 1. The zero-order chi connectivity index (χ0) is 14.1. The highest BCUT2D eigenvalue weighted by atomic mass is 35.5. The number of carbonyl (C=O) groups excluding carboxylic acids is 1. The molecule has 1 rings (SSSR count). The maximum absolute atomic E-state index is 12.2. The van der Waals surface area contributed by atoms with Crippen LogP contribution >= 0.6 is 11.6 Å². The molecule has 2 amide bonds. The van der Waals surface area contributed by atoms with Crippen LogP contribution in [0.1, 0.15) is 26.2 Å². The van der Waals surface area contributed by atoms with Crippen LogP contribution in [0.5, 0.6) is 0 Å². The normalized spacial score (nSPS) is 10.3. The molecule has 0 spiro atoms. The van der Waals surface area contributed by atoms with Crippen molar-refractivity contribution in [2.45, 2.75) is 26.2 Å². The van der Waals surface area contributed by atoms with E-state index in [2.05, 4.69) is 12.2 Å². The number of para-hydroxylation sites is 1. The first kappa shape index (κ1) is 15.8. The Labute approximate surface area is 119 Å². The second-order valence-corrected chi connectivity index (χ2v) is 4.73. The standard InChI is InChI=1S/C14H21ClN2O2/c1-2-3-9-17(10-6-11-18)14(19)16-13-8-5-4-7-12(13)15/h4-5,7-8,18H,2-3,6,9-11H2,1H3,(H,16,19). The third-order valence-electron chi connectivity index (χ3n) is 2.77. The Morgan fingerprint density at radius 1 is 1.32 bits per heavy atom. The number of aliphatic hydroxyl groups is 1. The Hall–Kier alpha value is -1.26. The molecule has 1 aromatic rings. The van der Waals surface area contributed by atoms with Crippen LogP contribution in [0.3, 0.4) is 0 Å². The van der Waals surface area contributed by atoms with Gasteiger partial charge in [-0.3, -0.25) is 0 Å². The van der Waals surface area contributed by atoms with E-state index in [0.29, 0.717) is 30.2 Å². The zero-order valence-corrected chi connectivity index (χ0v) is 12.0. The van der Waals surface area contributed by atoms with Gasteiger partial charge in [-0.2, -0.15) is 0 Å². The minimum absolute atomic E-state index is 0.0853. The number of hydrogen-bond donors (Lipinski definition) is 2. The van der Waals surface area contributed by atoms with E-state index in [1.165, 1.54) is 0 Å². The van der Waals surface area contributed by atoms with Crippen molar-refractivity contribution in [1.29, 1.82) is 0 Å². The number of carbonyl (C=O) groups is 1. The third-order valence-corrected chi connectivity index (χ3v) is 3.10. The van der Waals surface area contributed by atoms with Crippen molar-refractivity contribution in [2.75, 3.05) is 25.0 Å². The highest BCUT2D eigenvalue weighted by molar-refractivity contribution is 6.33. The molecule has 5 heteroatoms. The molecular weight excluding hydrogens is 264 g/mol. The van der Waals surface area contributed by atoms with Crippen LogP contribution in [0.4, 0.5) is 10.5 Å². The van der Waals surface area contributed by atoms with Gasteiger partial charge < -0.3 is 15.3 Å². The average Bonchev–Trinajstić information content (AvgIpc) is 2.41. The van der Waals surface area contributed by atoms with Crippen LogP contribution in [0.15, 0.2) is 24.3 Å². The van der Waals surface area contributed by atoms with E-state index in [1.54, 1.807) is 17.0 Å². The van der Waals surface area contributed by atoms with E-state index >= 15 is 0 Å². The van der Waals surface area contributed by atoms with Crippen LogP contribution < -0.4 is 5.32 Å². The van der Waals surface area contributed by atoms with Gasteiger partial charge >= 0.3 is 6.03 Å². The van der Waals surface area contributed by atoms with Crippen LogP contribution in [-0.4, -0.2) is 35.7 Å². The van der Waals surface area contributed by atoms with Gasteiger partial charge in [0.05, 0.1) is 10.7 Å². The first-order valence-corrected chi connectivity index (χ1v) is 6.98. The molecule has 0 fully saturated rings. The quantitative estimate of drug-likeness (QED) is 0.807. The second-order valence-electron chi connectivity index (χ2n) is 4.33. The number of anilines is 1. The summed E-state index contributed by atoms with van der Waals surface area (Å²) in [4.78, 5) is 13.9. The smallest absolute Gasteiger partial charge is 0.321 e. The van der Waals surface area contributed by atoms with E-state index in [-0.39, 0.29) is 12.6 Å². The first-order chi connectivity index (χ1) is 9.19. The molecule has 0 aliphatic heterocycles. The summed E-state index contributed by atoms with van der Waals surface area (Å²) in [5.41, 5.74) is 0.611. The van der Waals surface area contributed by atoms with E-state index in [4.69, 9.17) is 16.7 Å². The monoisotopic (exact) mass is 284 g/mol. The summed E-state index contributed by atoms with van der Waals surface area (Å²) in [5, 5.41) is 12.2. The molecule has 0 aliphatic rings. The first-order valence-electron chi connectivity index (χ1n) is 6.60. The Bertz CT molecular complexity index is 391. The summed E-state index contributed by atoms with van der Waals surface area (Å²) in [6.45, 7) is 3.40. The number of nitrogens with zero attached hydrogens (tertiary/aromatic N) is 1. The maximum Gasteiger partial charge on any atom is 0.321 e. The molecule has 0 atom stereocenters. The van der Waals surface area contributed by atoms with Crippen molar-refractivity contribution in [3.8, 4) is 0 Å². The van der Waals surface area contributed by atoms with Gasteiger partial charge in [-0.25, -0.2) is 4.79 Å². The topological polar surface area (TPSA) is 52.6 Å². The average molecular weight is 285 g/mol. The molecule has 0 aliphatic carbocycles. The van der Waals surface area contributed by atoms with Crippen molar-refractivity contribution >= 4 is 23.3 Å². The van der Waals surface area contributed by atoms with Gasteiger partial charge in [0.2, 0.25) is 0 Å². The molecule has 1 aromatic carbocycles. The molecule has 2 N–H and O–H groups in total. The van der Waals surface area contributed by atoms with E-state index in [1.807, 2.05) is 12.1 Å². The lowest BCUT2D eigenvalue weighted by molar-refractivity contribution is 0.201. The predicted molar refractivity (Wildman–Crippen MR) is 78.7 cm³/mol. The molecule has 106 valence electrons. The second kappa shape index (κ2) is 8.77. The molecule has 0 unspecified atom stereocenters. The Balaban J connectivity index is 2.62. The minimum atomic E-state index is -0.171. The fourth-order valence-electron chi connectivity index (χ4n) is 1.68. The van der Waals surface area contributed by atoms with E-state index in [9.17, 15) is 4.79 Å². The van der Waals surface area contributed by atoms with Crippen LogP contribution in [0, 0.1) is 0 Å². The molecule has 19 heavy (non-hydrogen) atoms. The van der Waals surface area contributed by atoms with Crippen LogP contribution in [0.2, 0.25) is 5.02 Å². The summed E-state index contributed by atoms with van der Waals surface area (Å²) >= 11 is 6.01. The Morgan fingerprint density at radius 2 is 2.00 bits per heavy atom. The van der Waals surface area contributed by atoms with Gasteiger partial charge in [0, 0.05) is 19.7 Å². The molecule has 0 heterocycles. The fraction of sp³-hybridized carbons (Fsp3) is 0.500. The number of urea groups is 1. The highest BCUT2D eigenvalue weighted by Crippen LogP contribution is 2.20. The Kier molecular flexibility index (Phi) is 7.30. The third kappa shape index (κ3) is 5.49. The van der Waals surface area contributed by atoms with Gasteiger partial charge in [0.25, 0.3) is 0 Å². The number of unbranched alkanes of at least 4 members (excludes halogenated alkanes) is 1. The fourth-order valence-corrected chi connectivity index (χ4v) is 1.87. The Morgan fingerprint density at radius 3 is 2.63 bits per heavy atom. The zero-order valence-electron chi connectivity index (χ0n) is 11.2. The van der Waals surface area contributed by atoms with Gasteiger partial charge in [0.1, 0.15) is 0 Å². The molecule has 0 saturated carbocycles.